The Morgan fingerprint density at radius 1 is 1.09 bits per heavy atom. The highest BCUT2D eigenvalue weighted by molar-refractivity contribution is 6.00. The van der Waals surface area contributed by atoms with E-state index in [9.17, 15) is 9.59 Å². The standard InChI is InChI=1S/C19H20N2O2/c1-20(13-15-8-4-2-5-9-15)19(23)16-12-18(22)21(14-16)17-10-6-3-7-11-17/h2-11,16H,12-14H2,1H3/t16-/m1/s1. The van der Waals surface area contributed by atoms with E-state index in [2.05, 4.69) is 0 Å². The SMILES string of the molecule is CN(Cc1ccccc1)C(=O)[C@@H]1CC(=O)N(c2ccccc2)C1. The average Bonchev–Trinajstić information content (AvgIpc) is 2.97. The first kappa shape index (κ1) is 15.3. The maximum absolute atomic E-state index is 12.6. The number of carbonyl (C=O) groups excluding carboxylic acids is 2. The number of anilines is 1. The van der Waals surface area contributed by atoms with Crippen molar-refractivity contribution in [3.8, 4) is 0 Å². The number of nitrogens with zero attached hydrogens (tertiary/aromatic N) is 2. The summed E-state index contributed by atoms with van der Waals surface area (Å²) in [6, 6.07) is 19.4. The van der Waals surface area contributed by atoms with Crippen LogP contribution in [0.25, 0.3) is 0 Å². The molecule has 1 atom stereocenters. The molecule has 0 unspecified atom stereocenters. The van der Waals surface area contributed by atoms with E-state index in [1.54, 1.807) is 16.8 Å². The molecule has 1 fully saturated rings. The minimum Gasteiger partial charge on any atom is -0.341 e. The van der Waals surface area contributed by atoms with Crippen molar-refractivity contribution in [1.82, 2.24) is 4.90 Å². The van der Waals surface area contributed by atoms with E-state index < -0.39 is 0 Å². The monoisotopic (exact) mass is 308 g/mol. The van der Waals surface area contributed by atoms with Crippen molar-refractivity contribution >= 4 is 17.5 Å². The normalized spacial score (nSPS) is 17.3. The van der Waals surface area contributed by atoms with Crippen molar-refractivity contribution in [2.75, 3.05) is 18.5 Å². The third-order valence-corrected chi connectivity index (χ3v) is 4.18. The van der Waals surface area contributed by atoms with Gasteiger partial charge in [-0.15, -0.1) is 0 Å². The van der Waals surface area contributed by atoms with Crippen LogP contribution in [0.1, 0.15) is 12.0 Å². The molecule has 1 heterocycles. The zero-order chi connectivity index (χ0) is 16.2. The van der Waals surface area contributed by atoms with Gasteiger partial charge < -0.3 is 9.80 Å². The molecule has 0 saturated carbocycles. The molecule has 0 bridgehead atoms. The number of para-hydroxylation sites is 1. The lowest BCUT2D eigenvalue weighted by Crippen LogP contribution is -2.34. The molecule has 0 aromatic heterocycles. The number of rotatable bonds is 4. The zero-order valence-corrected chi connectivity index (χ0v) is 13.2. The fraction of sp³-hybridized carbons (Fsp3) is 0.263. The Morgan fingerprint density at radius 3 is 2.35 bits per heavy atom. The van der Waals surface area contributed by atoms with Crippen molar-refractivity contribution in [2.45, 2.75) is 13.0 Å². The van der Waals surface area contributed by atoms with Gasteiger partial charge in [0.05, 0.1) is 5.92 Å². The molecule has 4 nitrogen and oxygen atoms in total. The first-order valence-electron chi connectivity index (χ1n) is 7.79. The second-order valence-corrected chi connectivity index (χ2v) is 5.92. The number of amides is 2. The summed E-state index contributed by atoms with van der Waals surface area (Å²) in [5.74, 6) is -0.222. The van der Waals surface area contributed by atoms with Gasteiger partial charge in [0.25, 0.3) is 0 Å². The fourth-order valence-corrected chi connectivity index (χ4v) is 2.98. The lowest BCUT2D eigenvalue weighted by molar-refractivity contribution is -0.135. The van der Waals surface area contributed by atoms with Crippen molar-refractivity contribution in [1.29, 1.82) is 0 Å². The maximum atomic E-state index is 12.6. The molecule has 0 aliphatic carbocycles. The van der Waals surface area contributed by atoms with Crippen LogP contribution in [0.2, 0.25) is 0 Å². The highest BCUT2D eigenvalue weighted by atomic mass is 16.2. The van der Waals surface area contributed by atoms with Crippen LogP contribution in [0.5, 0.6) is 0 Å². The third-order valence-electron chi connectivity index (χ3n) is 4.18. The van der Waals surface area contributed by atoms with Crippen LogP contribution in [0.3, 0.4) is 0 Å². The largest absolute Gasteiger partial charge is 0.341 e. The van der Waals surface area contributed by atoms with Crippen LogP contribution in [-0.4, -0.2) is 30.3 Å². The molecule has 0 spiro atoms. The summed E-state index contributed by atoms with van der Waals surface area (Å²) in [5.41, 5.74) is 1.95. The molecule has 0 radical (unpaired) electrons. The Balaban J connectivity index is 1.66. The molecule has 4 heteroatoms. The second kappa shape index (κ2) is 6.65. The lowest BCUT2D eigenvalue weighted by Gasteiger charge is -2.21. The number of benzene rings is 2. The van der Waals surface area contributed by atoms with Gasteiger partial charge in [0.1, 0.15) is 0 Å². The number of carbonyl (C=O) groups is 2. The molecule has 2 aromatic rings. The quantitative estimate of drug-likeness (QED) is 0.871. The second-order valence-electron chi connectivity index (χ2n) is 5.92. The van der Waals surface area contributed by atoms with Crippen LogP contribution >= 0.6 is 0 Å². The third kappa shape index (κ3) is 3.42. The topological polar surface area (TPSA) is 40.6 Å². The zero-order valence-electron chi connectivity index (χ0n) is 13.2. The molecule has 23 heavy (non-hydrogen) atoms. The fourth-order valence-electron chi connectivity index (χ4n) is 2.98. The van der Waals surface area contributed by atoms with Gasteiger partial charge in [-0.3, -0.25) is 9.59 Å². The Morgan fingerprint density at radius 2 is 1.70 bits per heavy atom. The van der Waals surface area contributed by atoms with Crippen LogP contribution in [0, 0.1) is 5.92 Å². The first-order valence-corrected chi connectivity index (χ1v) is 7.79. The van der Waals surface area contributed by atoms with Gasteiger partial charge in [-0.05, 0) is 17.7 Å². The number of hydrogen-bond acceptors (Lipinski definition) is 2. The highest BCUT2D eigenvalue weighted by Crippen LogP contribution is 2.26. The summed E-state index contributed by atoms with van der Waals surface area (Å²) >= 11 is 0. The minimum atomic E-state index is -0.267. The molecule has 1 aliphatic rings. The molecule has 2 aromatic carbocycles. The Kier molecular flexibility index (Phi) is 4.42. The van der Waals surface area contributed by atoms with Gasteiger partial charge in [0, 0.05) is 32.2 Å². The predicted octanol–water partition coefficient (Wildman–Crippen LogP) is 2.70. The molecule has 2 amide bonds. The summed E-state index contributed by atoms with van der Waals surface area (Å²) in [7, 11) is 1.80. The van der Waals surface area contributed by atoms with E-state index >= 15 is 0 Å². The highest BCUT2D eigenvalue weighted by Gasteiger charge is 2.36. The van der Waals surface area contributed by atoms with Gasteiger partial charge in [-0.25, -0.2) is 0 Å². The van der Waals surface area contributed by atoms with Gasteiger partial charge in [0.2, 0.25) is 11.8 Å². The van der Waals surface area contributed by atoms with Crippen LogP contribution in [0.4, 0.5) is 5.69 Å². The van der Waals surface area contributed by atoms with Crippen LogP contribution in [0.15, 0.2) is 60.7 Å². The van der Waals surface area contributed by atoms with Gasteiger partial charge >= 0.3 is 0 Å². The minimum absolute atomic E-state index is 0.0164. The average molecular weight is 308 g/mol. The summed E-state index contributed by atoms with van der Waals surface area (Å²) < 4.78 is 0. The maximum Gasteiger partial charge on any atom is 0.228 e. The van der Waals surface area contributed by atoms with Crippen molar-refractivity contribution in [2.24, 2.45) is 5.92 Å². The van der Waals surface area contributed by atoms with Crippen molar-refractivity contribution in [3.05, 3.63) is 66.2 Å². The summed E-state index contributed by atoms with van der Waals surface area (Å²) in [6.07, 6.45) is 0.285. The molecular weight excluding hydrogens is 288 g/mol. The first-order chi connectivity index (χ1) is 11.1. The van der Waals surface area contributed by atoms with E-state index in [0.29, 0.717) is 13.1 Å². The van der Waals surface area contributed by atoms with E-state index in [1.165, 1.54) is 0 Å². The Bertz CT molecular complexity index is 685. The molecule has 1 saturated heterocycles. The van der Waals surface area contributed by atoms with Crippen molar-refractivity contribution < 1.29 is 9.59 Å². The van der Waals surface area contributed by atoms with E-state index in [4.69, 9.17) is 0 Å². The van der Waals surface area contributed by atoms with Crippen LogP contribution < -0.4 is 4.90 Å². The summed E-state index contributed by atoms with van der Waals surface area (Å²) in [4.78, 5) is 28.3. The van der Waals surface area contributed by atoms with Gasteiger partial charge in [-0.2, -0.15) is 0 Å². The predicted molar refractivity (Wildman–Crippen MR) is 89.8 cm³/mol. The van der Waals surface area contributed by atoms with E-state index in [1.807, 2.05) is 60.7 Å². The summed E-state index contributed by atoms with van der Waals surface area (Å²) in [6.45, 7) is 1.02. The van der Waals surface area contributed by atoms with Gasteiger partial charge in [-0.1, -0.05) is 48.5 Å². The molecular formula is C19H20N2O2. The molecule has 118 valence electrons. The molecule has 3 rings (SSSR count). The molecule has 0 N–H and O–H groups in total. The van der Waals surface area contributed by atoms with Crippen LogP contribution in [-0.2, 0) is 16.1 Å². The van der Waals surface area contributed by atoms with E-state index in [-0.39, 0.29) is 24.2 Å². The Hall–Kier alpha value is -2.62. The lowest BCUT2D eigenvalue weighted by atomic mass is 10.1. The van der Waals surface area contributed by atoms with E-state index in [0.717, 1.165) is 11.3 Å². The molecule has 1 aliphatic heterocycles. The summed E-state index contributed by atoms with van der Waals surface area (Å²) in [5, 5.41) is 0. The Labute approximate surface area is 136 Å². The van der Waals surface area contributed by atoms with Crippen molar-refractivity contribution in [3.63, 3.8) is 0 Å². The smallest absolute Gasteiger partial charge is 0.228 e. The van der Waals surface area contributed by atoms with Gasteiger partial charge in [0.15, 0.2) is 0 Å². The number of hydrogen-bond donors (Lipinski definition) is 0.